The molecule has 1 aromatic carbocycles. The predicted octanol–water partition coefficient (Wildman–Crippen LogP) is 3.10. The quantitative estimate of drug-likeness (QED) is 0.786. The molecule has 108 valence electrons. The lowest BCUT2D eigenvalue weighted by Gasteiger charge is -2.41. The normalized spacial score (nSPS) is 20.4. The Bertz CT molecular complexity index is 516. The molecule has 2 rings (SSSR count). The Morgan fingerprint density at radius 2 is 1.80 bits per heavy atom. The van der Waals surface area contributed by atoms with E-state index in [2.05, 4.69) is 0 Å². The molecule has 0 radical (unpaired) electrons. The second kappa shape index (κ2) is 5.57. The summed E-state index contributed by atoms with van der Waals surface area (Å²) in [6, 6.07) is 7.54. The molecule has 1 heterocycles. The van der Waals surface area contributed by atoms with Crippen LogP contribution in [0.25, 0.3) is 0 Å². The Balaban J connectivity index is 2.12. The van der Waals surface area contributed by atoms with Gasteiger partial charge >= 0.3 is 0 Å². The first-order chi connectivity index (χ1) is 9.27. The Labute approximate surface area is 124 Å². The number of carbonyl (C=O) groups is 2. The number of hydrogen-bond acceptors (Lipinski definition) is 2. The highest BCUT2D eigenvalue weighted by Crippen LogP contribution is 2.25. The van der Waals surface area contributed by atoms with Gasteiger partial charge in [-0.05, 0) is 44.9 Å². The highest BCUT2D eigenvalue weighted by Gasteiger charge is 2.37. The summed E-state index contributed by atoms with van der Waals surface area (Å²) in [5.41, 5.74) is 0.840. The summed E-state index contributed by atoms with van der Waals surface area (Å²) in [6.45, 7) is 6.50. The molecule has 1 aromatic rings. The molecule has 1 amide bonds. The maximum absolute atomic E-state index is 12.1. The molecule has 3 nitrogen and oxygen atoms in total. The second-order valence-electron chi connectivity index (χ2n) is 6.35. The van der Waals surface area contributed by atoms with E-state index in [1.165, 1.54) is 0 Å². The molecule has 1 unspecified atom stereocenters. The van der Waals surface area contributed by atoms with Gasteiger partial charge in [-0.1, -0.05) is 23.7 Å². The van der Waals surface area contributed by atoms with Gasteiger partial charge in [0.15, 0.2) is 0 Å². The molecule has 0 saturated carbocycles. The molecule has 1 saturated heterocycles. The van der Waals surface area contributed by atoms with Gasteiger partial charge in [0, 0.05) is 23.0 Å². The number of nitrogens with zero attached hydrogens (tertiary/aromatic N) is 1. The lowest BCUT2D eigenvalue weighted by Crippen LogP contribution is -2.53. The van der Waals surface area contributed by atoms with Crippen LogP contribution >= 0.6 is 11.6 Å². The van der Waals surface area contributed by atoms with E-state index in [-0.39, 0.29) is 29.6 Å². The first-order valence-electron chi connectivity index (χ1n) is 6.85. The minimum atomic E-state index is -0.240. The van der Waals surface area contributed by atoms with Crippen LogP contribution in [0.1, 0.15) is 32.8 Å². The number of likely N-dealkylation sites (tertiary alicyclic amines) is 1. The number of benzene rings is 1. The van der Waals surface area contributed by atoms with Crippen LogP contribution in [0.5, 0.6) is 0 Å². The SMILES string of the molecule is CC(C)(C)N1CC(Cc2ccc(Cl)cc2)C(=O)CC1=O. The summed E-state index contributed by atoms with van der Waals surface area (Å²) in [4.78, 5) is 25.9. The summed E-state index contributed by atoms with van der Waals surface area (Å²) in [5, 5.41) is 0.690. The van der Waals surface area contributed by atoms with E-state index in [1.807, 2.05) is 49.9 Å². The molecule has 1 atom stereocenters. The molecule has 1 aliphatic rings. The van der Waals surface area contributed by atoms with Crippen molar-refractivity contribution < 1.29 is 9.59 Å². The molecule has 0 spiro atoms. The Morgan fingerprint density at radius 1 is 1.20 bits per heavy atom. The maximum Gasteiger partial charge on any atom is 0.230 e. The fraction of sp³-hybridized carbons (Fsp3) is 0.500. The van der Waals surface area contributed by atoms with Crippen molar-refractivity contribution in [3.63, 3.8) is 0 Å². The summed E-state index contributed by atoms with van der Waals surface area (Å²) >= 11 is 5.87. The maximum atomic E-state index is 12.1. The number of rotatable bonds is 2. The Hall–Kier alpha value is -1.35. The zero-order valence-corrected chi connectivity index (χ0v) is 12.9. The lowest BCUT2D eigenvalue weighted by molar-refractivity contribution is -0.147. The largest absolute Gasteiger partial charge is 0.337 e. The van der Waals surface area contributed by atoms with Gasteiger partial charge in [0.1, 0.15) is 5.78 Å². The van der Waals surface area contributed by atoms with Crippen molar-refractivity contribution in [2.45, 2.75) is 39.2 Å². The van der Waals surface area contributed by atoms with Crippen molar-refractivity contribution in [2.75, 3.05) is 6.54 Å². The third-order valence-electron chi connectivity index (χ3n) is 3.69. The van der Waals surface area contributed by atoms with E-state index < -0.39 is 0 Å². The molecule has 1 fully saturated rings. The summed E-state index contributed by atoms with van der Waals surface area (Å²) in [6.07, 6.45) is 0.686. The zero-order chi connectivity index (χ0) is 14.9. The molecular weight excluding hydrogens is 274 g/mol. The Kier molecular flexibility index (Phi) is 4.19. The Morgan fingerprint density at radius 3 is 2.35 bits per heavy atom. The minimum Gasteiger partial charge on any atom is -0.337 e. The van der Waals surface area contributed by atoms with Gasteiger partial charge in [0.2, 0.25) is 5.91 Å². The van der Waals surface area contributed by atoms with Gasteiger partial charge in [0.05, 0.1) is 6.42 Å². The monoisotopic (exact) mass is 293 g/mol. The highest BCUT2D eigenvalue weighted by atomic mass is 35.5. The zero-order valence-electron chi connectivity index (χ0n) is 12.1. The van der Waals surface area contributed by atoms with Crippen LogP contribution < -0.4 is 0 Å². The first kappa shape index (κ1) is 15.0. The topological polar surface area (TPSA) is 37.4 Å². The van der Waals surface area contributed by atoms with Crippen LogP contribution in [0.3, 0.4) is 0 Å². The molecule has 20 heavy (non-hydrogen) atoms. The van der Waals surface area contributed by atoms with Crippen molar-refractivity contribution in [3.05, 3.63) is 34.9 Å². The number of halogens is 1. The molecule has 0 aliphatic carbocycles. The number of piperidine rings is 1. The van der Waals surface area contributed by atoms with Crippen LogP contribution in [0.2, 0.25) is 5.02 Å². The van der Waals surface area contributed by atoms with Gasteiger partial charge in [-0.15, -0.1) is 0 Å². The van der Waals surface area contributed by atoms with Gasteiger partial charge in [0.25, 0.3) is 0 Å². The van der Waals surface area contributed by atoms with Crippen LogP contribution in [0.15, 0.2) is 24.3 Å². The number of carbonyl (C=O) groups excluding carboxylic acids is 2. The standard InChI is InChI=1S/C16H20ClNO2/c1-16(2,3)18-10-12(14(19)9-15(18)20)8-11-4-6-13(17)7-5-11/h4-7,12H,8-10H2,1-3H3. The summed E-state index contributed by atoms with van der Waals surface area (Å²) in [7, 11) is 0. The summed E-state index contributed by atoms with van der Waals surface area (Å²) in [5.74, 6) is -0.131. The smallest absolute Gasteiger partial charge is 0.230 e. The van der Waals surface area contributed by atoms with E-state index in [1.54, 1.807) is 0 Å². The van der Waals surface area contributed by atoms with E-state index in [9.17, 15) is 9.59 Å². The van der Waals surface area contributed by atoms with E-state index in [0.717, 1.165) is 5.56 Å². The average molecular weight is 294 g/mol. The van der Waals surface area contributed by atoms with Crippen LogP contribution in [0, 0.1) is 5.92 Å². The number of Topliss-reactive ketones (excluding diaryl/α,β-unsaturated/α-hetero) is 1. The van der Waals surface area contributed by atoms with Crippen molar-refractivity contribution in [1.82, 2.24) is 4.90 Å². The van der Waals surface area contributed by atoms with Crippen molar-refractivity contribution in [1.29, 1.82) is 0 Å². The number of ketones is 1. The van der Waals surface area contributed by atoms with E-state index in [4.69, 9.17) is 11.6 Å². The van der Waals surface area contributed by atoms with Gasteiger partial charge in [-0.25, -0.2) is 0 Å². The third kappa shape index (κ3) is 3.40. The van der Waals surface area contributed by atoms with Gasteiger partial charge in [-0.2, -0.15) is 0 Å². The molecular formula is C16H20ClNO2. The van der Waals surface area contributed by atoms with Crippen molar-refractivity contribution in [3.8, 4) is 0 Å². The molecule has 0 aromatic heterocycles. The fourth-order valence-electron chi connectivity index (χ4n) is 2.54. The van der Waals surface area contributed by atoms with E-state index in [0.29, 0.717) is 18.0 Å². The fourth-order valence-corrected chi connectivity index (χ4v) is 2.67. The summed E-state index contributed by atoms with van der Waals surface area (Å²) < 4.78 is 0. The molecule has 0 N–H and O–H groups in total. The predicted molar refractivity (Wildman–Crippen MR) is 79.7 cm³/mol. The molecule has 1 aliphatic heterocycles. The number of amides is 1. The minimum absolute atomic E-state index is 0.0233. The van der Waals surface area contributed by atoms with Crippen LogP contribution in [-0.4, -0.2) is 28.7 Å². The molecule has 4 heteroatoms. The van der Waals surface area contributed by atoms with Gasteiger partial charge in [-0.3, -0.25) is 9.59 Å². The highest BCUT2D eigenvalue weighted by molar-refractivity contribution is 6.30. The third-order valence-corrected chi connectivity index (χ3v) is 3.94. The van der Waals surface area contributed by atoms with Gasteiger partial charge < -0.3 is 4.90 Å². The van der Waals surface area contributed by atoms with E-state index >= 15 is 0 Å². The van der Waals surface area contributed by atoms with Crippen LogP contribution in [-0.2, 0) is 16.0 Å². The second-order valence-corrected chi connectivity index (χ2v) is 6.78. The van der Waals surface area contributed by atoms with Crippen molar-refractivity contribution in [2.24, 2.45) is 5.92 Å². The lowest BCUT2D eigenvalue weighted by atomic mass is 9.87. The first-order valence-corrected chi connectivity index (χ1v) is 7.23. The molecule has 0 bridgehead atoms. The van der Waals surface area contributed by atoms with Crippen LogP contribution in [0.4, 0.5) is 0 Å². The number of hydrogen-bond donors (Lipinski definition) is 0. The average Bonchev–Trinajstić information content (AvgIpc) is 2.33. The van der Waals surface area contributed by atoms with Crippen molar-refractivity contribution >= 4 is 23.3 Å².